The van der Waals surface area contributed by atoms with E-state index in [0.717, 1.165) is 17.7 Å². The van der Waals surface area contributed by atoms with Crippen LogP contribution in [0.25, 0.3) is 0 Å². The molecule has 2 N–H and O–H groups in total. The zero-order valence-electron chi connectivity index (χ0n) is 7.03. The molecule has 1 fully saturated rings. The summed E-state index contributed by atoms with van der Waals surface area (Å²) >= 11 is 1.26. The monoisotopic (exact) mass is 198 g/mol. The van der Waals surface area contributed by atoms with Gasteiger partial charge in [0, 0.05) is 22.9 Å². The molecule has 2 rings (SSSR count). The second kappa shape index (κ2) is 2.78. The predicted octanol–water partition coefficient (Wildman–Crippen LogP) is 1.65. The average Bonchev–Trinajstić information content (AvgIpc) is 2.75. The van der Waals surface area contributed by atoms with E-state index in [-0.39, 0.29) is 15.3 Å². The van der Waals surface area contributed by atoms with Gasteiger partial charge in [-0.3, -0.25) is 10.1 Å². The van der Waals surface area contributed by atoms with Crippen molar-refractivity contribution in [3.8, 4) is 0 Å². The Balaban J connectivity index is 2.28. The summed E-state index contributed by atoms with van der Waals surface area (Å²) in [5.74, 6) is 0. The van der Waals surface area contributed by atoms with Crippen molar-refractivity contribution < 1.29 is 4.92 Å². The molecule has 0 unspecified atom stereocenters. The zero-order chi connectivity index (χ0) is 9.47. The first-order chi connectivity index (χ1) is 6.18. The lowest BCUT2D eigenvalue weighted by atomic mass is 10.1. The Morgan fingerprint density at radius 3 is 2.69 bits per heavy atom. The molecule has 1 saturated carbocycles. The molecule has 1 aromatic rings. The molecule has 1 heterocycles. The summed E-state index contributed by atoms with van der Waals surface area (Å²) < 4.78 is 0. The zero-order valence-corrected chi connectivity index (χ0v) is 7.84. The molecular weight excluding hydrogens is 188 g/mol. The molecule has 0 atom stereocenters. The predicted molar refractivity (Wildman–Crippen MR) is 50.9 cm³/mol. The maximum Gasteiger partial charge on any atom is 0.324 e. The molecular formula is C8H10N2O2S. The largest absolute Gasteiger partial charge is 0.330 e. The average molecular weight is 198 g/mol. The van der Waals surface area contributed by atoms with Crippen LogP contribution in [0.5, 0.6) is 0 Å². The van der Waals surface area contributed by atoms with Gasteiger partial charge in [-0.1, -0.05) is 11.3 Å². The van der Waals surface area contributed by atoms with Gasteiger partial charge in [-0.25, -0.2) is 0 Å². The topological polar surface area (TPSA) is 69.2 Å². The number of nitrogens with two attached hydrogens (primary N) is 1. The summed E-state index contributed by atoms with van der Waals surface area (Å²) in [7, 11) is 0. The van der Waals surface area contributed by atoms with Crippen LogP contribution in [0, 0.1) is 10.1 Å². The fourth-order valence-electron chi connectivity index (χ4n) is 1.41. The molecule has 5 heteroatoms. The molecule has 70 valence electrons. The van der Waals surface area contributed by atoms with Crippen LogP contribution in [-0.4, -0.2) is 11.5 Å². The number of nitro groups is 1. The molecule has 1 aromatic heterocycles. The third kappa shape index (κ3) is 1.34. The molecule has 1 aliphatic carbocycles. The first-order valence-electron chi connectivity index (χ1n) is 4.13. The normalized spacial score (nSPS) is 18.5. The number of hydrogen-bond acceptors (Lipinski definition) is 4. The van der Waals surface area contributed by atoms with Crippen molar-refractivity contribution in [2.24, 2.45) is 5.73 Å². The molecule has 0 spiro atoms. The Hall–Kier alpha value is -0.940. The fraction of sp³-hybridized carbons (Fsp3) is 0.500. The standard InChI is InChI=1S/C8H10N2O2S/c9-5-8(3-4-8)6-1-2-7(13-6)10(11)12/h1-2H,3-5,9H2. The van der Waals surface area contributed by atoms with E-state index < -0.39 is 0 Å². The Kier molecular flexibility index (Phi) is 1.85. The van der Waals surface area contributed by atoms with E-state index in [1.54, 1.807) is 6.07 Å². The van der Waals surface area contributed by atoms with Crippen molar-refractivity contribution in [2.75, 3.05) is 6.54 Å². The first kappa shape index (κ1) is 8.65. The van der Waals surface area contributed by atoms with Crippen LogP contribution in [0.3, 0.4) is 0 Å². The van der Waals surface area contributed by atoms with Crippen molar-refractivity contribution in [1.82, 2.24) is 0 Å². The van der Waals surface area contributed by atoms with E-state index in [2.05, 4.69) is 0 Å². The van der Waals surface area contributed by atoms with E-state index in [0.29, 0.717) is 6.54 Å². The molecule has 0 saturated heterocycles. The quantitative estimate of drug-likeness (QED) is 0.593. The minimum absolute atomic E-state index is 0.0823. The minimum Gasteiger partial charge on any atom is -0.330 e. The highest BCUT2D eigenvalue weighted by Gasteiger charge is 2.44. The first-order valence-corrected chi connectivity index (χ1v) is 4.94. The summed E-state index contributed by atoms with van der Waals surface area (Å²) in [6, 6.07) is 3.40. The summed E-state index contributed by atoms with van der Waals surface area (Å²) in [5, 5.41) is 10.7. The minimum atomic E-state index is -0.346. The van der Waals surface area contributed by atoms with Crippen LogP contribution in [0.2, 0.25) is 0 Å². The van der Waals surface area contributed by atoms with Crippen LogP contribution in [0.1, 0.15) is 17.7 Å². The lowest BCUT2D eigenvalue weighted by Crippen LogP contribution is -2.18. The molecule has 13 heavy (non-hydrogen) atoms. The molecule has 4 nitrogen and oxygen atoms in total. The smallest absolute Gasteiger partial charge is 0.324 e. The Morgan fingerprint density at radius 1 is 1.62 bits per heavy atom. The highest BCUT2D eigenvalue weighted by molar-refractivity contribution is 7.15. The molecule has 0 aliphatic heterocycles. The number of hydrogen-bond donors (Lipinski definition) is 1. The molecule has 0 amide bonds. The van der Waals surface area contributed by atoms with E-state index in [1.165, 1.54) is 11.3 Å². The van der Waals surface area contributed by atoms with Crippen molar-refractivity contribution >= 4 is 16.3 Å². The summed E-state index contributed by atoms with van der Waals surface area (Å²) in [4.78, 5) is 11.2. The van der Waals surface area contributed by atoms with Gasteiger partial charge in [0.1, 0.15) is 0 Å². The van der Waals surface area contributed by atoms with E-state index in [4.69, 9.17) is 5.73 Å². The van der Waals surface area contributed by atoms with E-state index >= 15 is 0 Å². The summed E-state index contributed by atoms with van der Waals surface area (Å²) in [6.07, 6.45) is 2.14. The SMILES string of the molecule is NCC1(c2ccc([N+](=O)[O-])s2)CC1. The van der Waals surface area contributed by atoms with Crippen LogP contribution in [0.4, 0.5) is 5.00 Å². The Bertz CT molecular complexity index is 344. The van der Waals surface area contributed by atoms with Crippen molar-refractivity contribution in [3.05, 3.63) is 27.1 Å². The highest BCUT2D eigenvalue weighted by Crippen LogP contribution is 2.50. The Labute approximate surface area is 79.5 Å². The molecule has 1 aliphatic rings. The van der Waals surface area contributed by atoms with Gasteiger partial charge >= 0.3 is 5.00 Å². The van der Waals surface area contributed by atoms with Crippen molar-refractivity contribution in [1.29, 1.82) is 0 Å². The third-order valence-corrected chi connectivity index (χ3v) is 3.82. The van der Waals surface area contributed by atoms with E-state index in [1.807, 2.05) is 6.07 Å². The Morgan fingerprint density at radius 2 is 2.31 bits per heavy atom. The van der Waals surface area contributed by atoms with Crippen LogP contribution in [-0.2, 0) is 5.41 Å². The molecule has 0 aromatic carbocycles. The van der Waals surface area contributed by atoms with Gasteiger partial charge in [0.2, 0.25) is 0 Å². The number of rotatable bonds is 3. The van der Waals surface area contributed by atoms with Crippen LogP contribution < -0.4 is 5.73 Å². The van der Waals surface area contributed by atoms with Gasteiger partial charge < -0.3 is 5.73 Å². The van der Waals surface area contributed by atoms with Crippen molar-refractivity contribution in [3.63, 3.8) is 0 Å². The molecule has 0 radical (unpaired) electrons. The van der Waals surface area contributed by atoms with Gasteiger partial charge in [-0.2, -0.15) is 0 Å². The summed E-state index contributed by atoms with van der Waals surface area (Å²) in [5.41, 5.74) is 5.71. The van der Waals surface area contributed by atoms with Gasteiger partial charge in [-0.15, -0.1) is 0 Å². The van der Waals surface area contributed by atoms with Crippen LogP contribution in [0.15, 0.2) is 12.1 Å². The maximum absolute atomic E-state index is 10.4. The van der Waals surface area contributed by atoms with Gasteiger partial charge in [0.15, 0.2) is 0 Å². The van der Waals surface area contributed by atoms with Gasteiger partial charge in [0.05, 0.1) is 4.92 Å². The number of thiophene rings is 1. The number of nitrogens with zero attached hydrogens (tertiary/aromatic N) is 1. The van der Waals surface area contributed by atoms with Gasteiger partial charge in [-0.05, 0) is 18.9 Å². The summed E-state index contributed by atoms with van der Waals surface area (Å²) in [6.45, 7) is 0.602. The van der Waals surface area contributed by atoms with Crippen LogP contribution >= 0.6 is 11.3 Å². The maximum atomic E-state index is 10.4. The second-order valence-corrected chi connectivity index (χ2v) is 4.44. The third-order valence-electron chi connectivity index (χ3n) is 2.54. The second-order valence-electron chi connectivity index (χ2n) is 3.38. The lowest BCUT2D eigenvalue weighted by molar-refractivity contribution is -0.380. The highest BCUT2D eigenvalue weighted by atomic mass is 32.1. The fourth-order valence-corrected chi connectivity index (χ4v) is 2.49. The van der Waals surface area contributed by atoms with Crippen molar-refractivity contribution in [2.45, 2.75) is 18.3 Å². The van der Waals surface area contributed by atoms with Gasteiger partial charge in [0.25, 0.3) is 0 Å². The molecule has 0 bridgehead atoms. The van der Waals surface area contributed by atoms with E-state index in [9.17, 15) is 10.1 Å². The lowest BCUT2D eigenvalue weighted by Gasteiger charge is -2.07.